The summed E-state index contributed by atoms with van der Waals surface area (Å²) < 4.78 is 14.8. The molecule has 1 heterocycles. The van der Waals surface area contributed by atoms with Crippen molar-refractivity contribution in [2.75, 3.05) is 12.3 Å². The lowest BCUT2D eigenvalue weighted by atomic mass is 10.1. The van der Waals surface area contributed by atoms with Crippen LogP contribution >= 0.6 is 27.3 Å². The van der Waals surface area contributed by atoms with E-state index in [0.29, 0.717) is 24.3 Å². The molecule has 6 heteroatoms. The van der Waals surface area contributed by atoms with Crippen LogP contribution in [0.5, 0.6) is 0 Å². The summed E-state index contributed by atoms with van der Waals surface area (Å²) in [6, 6.07) is 6.70. The quantitative estimate of drug-likeness (QED) is 0.819. The van der Waals surface area contributed by atoms with Crippen molar-refractivity contribution in [3.63, 3.8) is 0 Å². The molecule has 1 amide bonds. The number of halogens is 2. The number of hydrogen-bond donors (Lipinski definition) is 1. The molecular formula is C15H16BrFN2OS. The van der Waals surface area contributed by atoms with Crippen molar-refractivity contribution >= 4 is 38.9 Å². The molecule has 0 unspecified atom stereocenters. The molecule has 0 atom stereocenters. The Morgan fingerprint density at radius 3 is 2.67 bits per heavy atom. The van der Waals surface area contributed by atoms with Gasteiger partial charge in [-0.25, -0.2) is 4.39 Å². The van der Waals surface area contributed by atoms with Crippen molar-refractivity contribution in [1.29, 1.82) is 0 Å². The van der Waals surface area contributed by atoms with E-state index in [1.54, 1.807) is 23.2 Å². The summed E-state index contributed by atoms with van der Waals surface area (Å²) in [5.41, 5.74) is 6.70. The number of carbonyl (C=O) groups is 1. The summed E-state index contributed by atoms with van der Waals surface area (Å²) in [4.78, 5) is 15.2. The number of benzene rings is 1. The Morgan fingerprint density at radius 2 is 2.14 bits per heavy atom. The maximum Gasteiger partial charge on any atom is 0.254 e. The molecular weight excluding hydrogens is 355 g/mol. The maximum absolute atomic E-state index is 13.7. The highest BCUT2D eigenvalue weighted by Crippen LogP contribution is 2.24. The summed E-state index contributed by atoms with van der Waals surface area (Å²) in [6.07, 6.45) is 0. The minimum atomic E-state index is -0.451. The number of nitrogens with two attached hydrogens (primary N) is 1. The Balaban J connectivity index is 2.24. The van der Waals surface area contributed by atoms with Gasteiger partial charge in [-0.15, -0.1) is 11.3 Å². The molecule has 21 heavy (non-hydrogen) atoms. The first kappa shape index (κ1) is 16.0. The molecule has 1 aromatic heterocycles. The molecule has 0 aliphatic carbocycles. The number of rotatable bonds is 4. The fourth-order valence-electron chi connectivity index (χ4n) is 1.96. The third-order valence-corrected chi connectivity index (χ3v) is 4.88. The molecule has 0 saturated heterocycles. The fourth-order valence-corrected chi connectivity index (χ4v) is 3.46. The number of nitrogens with zero attached hydrogens (tertiary/aromatic N) is 1. The van der Waals surface area contributed by atoms with Gasteiger partial charge in [-0.3, -0.25) is 4.79 Å². The number of amides is 1. The van der Waals surface area contributed by atoms with Crippen LogP contribution in [-0.4, -0.2) is 17.4 Å². The lowest BCUT2D eigenvalue weighted by Gasteiger charge is -2.20. The van der Waals surface area contributed by atoms with Gasteiger partial charge in [0.05, 0.1) is 10.3 Å². The molecule has 0 spiro atoms. The zero-order chi connectivity index (χ0) is 15.6. The highest BCUT2D eigenvalue weighted by molar-refractivity contribution is 9.11. The van der Waals surface area contributed by atoms with Gasteiger partial charge in [0.2, 0.25) is 0 Å². The first-order chi connectivity index (χ1) is 9.92. The van der Waals surface area contributed by atoms with Crippen LogP contribution in [0.2, 0.25) is 0 Å². The van der Waals surface area contributed by atoms with E-state index in [0.717, 1.165) is 8.66 Å². The van der Waals surface area contributed by atoms with E-state index in [9.17, 15) is 9.18 Å². The topological polar surface area (TPSA) is 46.3 Å². The van der Waals surface area contributed by atoms with Crippen LogP contribution in [-0.2, 0) is 6.54 Å². The number of carbonyl (C=O) groups excluding carboxylic acids is 1. The van der Waals surface area contributed by atoms with Gasteiger partial charge in [0, 0.05) is 28.2 Å². The Morgan fingerprint density at radius 1 is 1.43 bits per heavy atom. The lowest BCUT2D eigenvalue weighted by Crippen LogP contribution is -2.30. The standard InChI is InChI=1S/C15H16BrFN2OS/c1-3-19(8-11-4-5-14(16)21-11)15(20)10-6-12(17)9(2)13(18)7-10/h4-7H,3,8,18H2,1-2H3. The van der Waals surface area contributed by atoms with Crippen LogP contribution in [0, 0.1) is 12.7 Å². The molecule has 0 aliphatic heterocycles. The largest absolute Gasteiger partial charge is 0.398 e. The molecule has 0 fully saturated rings. The Hall–Kier alpha value is -1.40. The van der Waals surface area contributed by atoms with Crippen LogP contribution in [0.15, 0.2) is 28.1 Å². The van der Waals surface area contributed by atoms with Gasteiger partial charge in [0.1, 0.15) is 5.82 Å². The molecule has 112 valence electrons. The predicted molar refractivity (Wildman–Crippen MR) is 88.0 cm³/mol. The molecule has 0 aliphatic rings. The third-order valence-electron chi connectivity index (χ3n) is 3.28. The average molecular weight is 371 g/mol. The van der Waals surface area contributed by atoms with Gasteiger partial charge < -0.3 is 10.6 Å². The molecule has 3 nitrogen and oxygen atoms in total. The molecule has 0 saturated carbocycles. The van der Waals surface area contributed by atoms with E-state index in [4.69, 9.17) is 5.73 Å². The van der Waals surface area contributed by atoms with Gasteiger partial charge in [-0.2, -0.15) is 0 Å². The summed E-state index contributed by atoms with van der Waals surface area (Å²) in [5.74, 6) is -0.666. The smallest absolute Gasteiger partial charge is 0.254 e. The molecule has 0 radical (unpaired) electrons. The summed E-state index contributed by atoms with van der Waals surface area (Å²) in [5, 5.41) is 0. The highest BCUT2D eigenvalue weighted by atomic mass is 79.9. The number of thiophene rings is 1. The van der Waals surface area contributed by atoms with Crippen molar-refractivity contribution in [3.8, 4) is 0 Å². The van der Waals surface area contributed by atoms with Gasteiger partial charge in [-0.05, 0) is 54.0 Å². The normalized spacial score (nSPS) is 10.7. The zero-order valence-electron chi connectivity index (χ0n) is 11.8. The van der Waals surface area contributed by atoms with Crippen molar-refractivity contribution < 1.29 is 9.18 Å². The third kappa shape index (κ3) is 3.63. The highest BCUT2D eigenvalue weighted by Gasteiger charge is 2.17. The van der Waals surface area contributed by atoms with Crippen molar-refractivity contribution in [2.24, 2.45) is 0 Å². The van der Waals surface area contributed by atoms with Crippen molar-refractivity contribution in [3.05, 3.63) is 49.9 Å². The molecule has 1 aromatic carbocycles. The minimum Gasteiger partial charge on any atom is -0.398 e. The van der Waals surface area contributed by atoms with Crippen molar-refractivity contribution in [2.45, 2.75) is 20.4 Å². The average Bonchev–Trinajstić information content (AvgIpc) is 2.86. The number of nitrogen functional groups attached to an aromatic ring is 1. The zero-order valence-corrected chi connectivity index (χ0v) is 14.2. The van der Waals surface area contributed by atoms with E-state index in [1.165, 1.54) is 12.1 Å². The van der Waals surface area contributed by atoms with Crippen LogP contribution in [0.4, 0.5) is 10.1 Å². The van der Waals surface area contributed by atoms with Gasteiger partial charge in [0.25, 0.3) is 5.91 Å². The van der Waals surface area contributed by atoms with E-state index in [2.05, 4.69) is 15.9 Å². The molecule has 2 N–H and O–H groups in total. The van der Waals surface area contributed by atoms with Gasteiger partial charge >= 0.3 is 0 Å². The number of hydrogen-bond acceptors (Lipinski definition) is 3. The first-order valence-electron chi connectivity index (χ1n) is 6.51. The maximum atomic E-state index is 13.7. The van der Waals surface area contributed by atoms with E-state index in [-0.39, 0.29) is 11.5 Å². The monoisotopic (exact) mass is 370 g/mol. The number of anilines is 1. The minimum absolute atomic E-state index is 0.215. The fraction of sp³-hybridized carbons (Fsp3) is 0.267. The Bertz CT molecular complexity index is 648. The van der Waals surface area contributed by atoms with Crippen LogP contribution in [0.3, 0.4) is 0 Å². The van der Waals surface area contributed by atoms with E-state index >= 15 is 0 Å². The molecule has 2 aromatic rings. The second kappa shape index (κ2) is 6.58. The Labute approximate surface area is 135 Å². The van der Waals surface area contributed by atoms with Crippen LogP contribution in [0.25, 0.3) is 0 Å². The summed E-state index contributed by atoms with van der Waals surface area (Å²) >= 11 is 4.98. The van der Waals surface area contributed by atoms with E-state index < -0.39 is 5.82 Å². The second-order valence-electron chi connectivity index (χ2n) is 4.70. The molecule has 2 rings (SSSR count). The lowest BCUT2D eigenvalue weighted by molar-refractivity contribution is 0.0753. The van der Waals surface area contributed by atoms with Crippen LogP contribution < -0.4 is 5.73 Å². The molecule has 0 bridgehead atoms. The SMILES string of the molecule is CCN(Cc1ccc(Br)s1)C(=O)c1cc(N)c(C)c(F)c1. The summed E-state index contributed by atoms with van der Waals surface area (Å²) in [6.45, 7) is 4.54. The van der Waals surface area contributed by atoms with Gasteiger partial charge in [-0.1, -0.05) is 0 Å². The van der Waals surface area contributed by atoms with Crippen LogP contribution in [0.1, 0.15) is 27.7 Å². The first-order valence-corrected chi connectivity index (χ1v) is 8.12. The predicted octanol–water partition coefficient (Wildman–Crippen LogP) is 4.20. The van der Waals surface area contributed by atoms with Gasteiger partial charge in [0.15, 0.2) is 0 Å². The van der Waals surface area contributed by atoms with Crippen molar-refractivity contribution in [1.82, 2.24) is 4.90 Å². The van der Waals surface area contributed by atoms with E-state index in [1.807, 2.05) is 19.1 Å². The summed E-state index contributed by atoms with van der Waals surface area (Å²) in [7, 11) is 0. The second-order valence-corrected chi connectivity index (χ2v) is 7.25. The Kier molecular flexibility index (Phi) is 5.00.